The van der Waals surface area contributed by atoms with Crippen LogP contribution in [0, 0.1) is 27.7 Å². The van der Waals surface area contributed by atoms with Crippen molar-refractivity contribution in [3.63, 3.8) is 0 Å². The lowest BCUT2D eigenvalue weighted by atomic mass is 10.1. The molecule has 0 bridgehead atoms. The maximum absolute atomic E-state index is 12.3. The number of hydrogen-bond acceptors (Lipinski definition) is 4. The van der Waals surface area contributed by atoms with Crippen LogP contribution < -0.4 is 5.32 Å². The second-order valence-corrected chi connectivity index (χ2v) is 6.79. The van der Waals surface area contributed by atoms with Crippen LogP contribution in [0.1, 0.15) is 28.2 Å². The molecule has 0 spiro atoms. The zero-order valence-electron chi connectivity index (χ0n) is 14.3. The van der Waals surface area contributed by atoms with Gasteiger partial charge in [-0.2, -0.15) is 5.10 Å². The summed E-state index contributed by atoms with van der Waals surface area (Å²) in [5.41, 5.74) is 5.75. The van der Waals surface area contributed by atoms with E-state index in [2.05, 4.69) is 15.4 Å². The molecule has 0 fully saturated rings. The maximum atomic E-state index is 12.3. The Morgan fingerprint density at radius 1 is 1.21 bits per heavy atom. The molecular weight excluding hydrogens is 320 g/mol. The Balaban J connectivity index is 1.73. The summed E-state index contributed by atoms with van der Waals surface area (Å²) in [4.78, 5) is 16.9. The van der Waals surface area contributed by atoms with E-state index in [0.717, 1.165) is 39.0 Å². The largest absolute Gasteiger partial charge is 0.325 e. The third-order valence-electron chi connectivity index (χ3n) is 3.82. The molecule has 0 atom stereocenters. The quantitative estimate of drug-likeness (QED) is 0.787. The van der Waals surface area contributed by atoms with E-state index in [0.29, 0.717) is 0 Å². The minimum absolute atomic E-state index is 0.0578. The van der Waals surface area contributed by atoms with Crippen LogP contribution in [0.3, 0.4) is 0 Å². The number of hydrogen-bond donors (Lipinski definition) is 1. The number of thiazole rings is 1. The minimum atomic E-state index is -0.0578. The monoisotopic (exact) mass is 340 g/mol. The van der Waals surface area contributed by atoms with Gasteiger partial charge in [-0.15, -0.1) is 11.3 Å². The van der Waals surface area contributed by atoms with E-state index >= 15 is 0 Å². The van der Waals surface area contributed by atoms with Gasteiger partial charge in [0.25, 0.3) is 0 Å². The highest BCUT2D eigenvalue weighted by Crippen LogP contribution is 2.21. The van der Waals surface area contributed by atoms with Gasteiger partial charge in [0.2, 0.25) is 11.0 Å². The molecule has 24 heavy (non-hydrogen) atoms. The van der Waals surface area contributed by atoms with Crippen LogP contribution in [0.5, 0.6) is 0 Å². The predicted molar refractivity (Wildman–Crippen MR) is 97.0 cm³/mol. The van der Waals surface area contributed by atoms with E-state index in [-0.39, 0.29) is 12.3 Å². The van der Waals surface area contributed by atoms with Crippen molar-refractivity contribution in [3.8, 4) is 5.13 Å². The Labute approximate surface area is 145 Å². The number of aryl methyl sites for hydroxylation is 4. The summed E-state index contributed by atoms with van der Waals surface area (Å²) in [6.07, 6.45) is 0.254. The van der Waals surface area contributed by atoms with Crippen molar-refractivity contribution in [2.45, 2.75) is 34.1 Å². The summed E-state index contributed by atoms with van der Waals surface area (Å²) in [7, 11) is 0. The molecule has 6 heteroatoms. The first-order valence-electron chi connectivity index (χ1n) is 7.78. The summed E-state index contributed by atoms with van der Waals surface area (Å²) >= 11 is 1.49. The maximum Gasteiger partial charge on any atom is 0.230 e. The zero-order chi connectivity index (χ0) is 17.3. The molecule has 1 aromatic carbocycles. The van der Waals surface area contributed by atoms with Crippen LogP contribution in [0.2, 0.25) is 0 Å². The van der Waals surface area contributed by atoms with Gasteiger partial charge in [0, 0.05) is 16.8 Å². The van der Waals surface area contributed by atoms with E-state index < -0.39 is 0 Å². The number of nitrogens with zero attached hydrogens (tertiary/aromatic N) is 3. The van der Waals surface area contributed by atoms with E-state index in [1.54, 1.807) is 0 Å². The number of anilines is 1. The number of carbonyl (C=O) groups is 1. The first kappa shape index (κ1) is 16.4. The summed E-state index contributed by atoms with van der Waals surface area (Å²) in [6, 6.07) is 7.98. The topological polar surface area (TPSA) is 59.8 Å². The Hall–Kier alpha value is -2.47. The van der Waals surface area contributed by atoms with Crippen LogP contribution >= 0.6 is 11.3 Å². The van der Waals surface area contributed by atoms with Gasteiger partial charge in [0.1, 0.15) is 0 Å². The molecule has 0 aliphatic heterocycles. The highest BCUT2D eigenvalue weighted by atomic mass is 32.1. The van der Waals surface area contributed by atoms with Crippen molar-refractivity contribution < 1.29 is 4.79 Å². The fraction of sp³-hybridized carbons (Fsp3) is 0.278. The molecule has 2 aromatic heterocycles. The fourth-order valence-electron chi connectivity index (χ4n) is 2.66. The summed E-state index contributed by atoms with van der Waals surface area (Å²) in [5, 5.41) is 10.1. The number of benzene rings is 1. The number of aromatic nitrogens is 3. The summed E-state index contributed by atoms with van der Waals surface area (Å²) in [5.74, 6) is -0.0578. The fourth-order valence-corrected chi connectivity index (χ4v) is 3.49. The molecule has 3 aromatic rings. The van der Waals surface area contributed by atoms with Gasteiger partial charge in [-0.25, -0.2) is 9.67 Å². The van der Waals surface area contributed by atoms with Crippen LogP contribution in [0.4, 0.5) is 5.69 Å². The molecule has 0 radical (unpaired) electrons. The number of amides is 1. The van der Waals surface area contributed by atoms with E-state index in [4.69, 9.17) is 0 Å². The zero-order valence-corrected chi connectivity index (χ0v) is 15.1. The van der Waals surface area contributed by atoms with Crippen LogP contribution in [0.15, 0.2) is 29.6 Å². The van der Waals surface area contributed by atoms with Crippen LogP contribution in [-0.2, 0) is 11.2 Å². The van der Waals surface area contributed by atoms with Crippen molar-refractivity contribution in [1.29, 1.82) is 0 Å². The second kappa shape index (κ2) is 6.57. The molecule has 0 saturated carbocycles. The molecule has 0 aliphatic carbocycles. The Bertz CT molecular complexity index is 874. The average Bonchev–Trinajstić information content (AvgIpc) is 3.09. The lowest BCUT2D eigenvalue weighted by Gasteiger charge is -2.10. The average molecular weight is 340 g/mol. The third kappa shape index (κ3) is 3.38. The third-order valence-corrected chi connectivity index (χ3v) is 4.68. The molecule has 5 nitrogen and oxygen atoms in total. The minimum Gasteiger partial charge on any atom is -0.325 e. The molecule has 124 valence electrons. The number of rotatable bonds is 4. The molecule has 0 aliphatic rings. The predicted octanol–water partition coefficient (Wildman–Crippen LogP) is 3.74. The van der Waals surface area contributed by atoms with E-state index in [1.165, 1.54) is 11.3 Å². The molecule has 2 heterocycles. The van der Waals surface area contributed by atoms with Gasteiger partial charge in [0.05, 0.1) is 17.8 Å². The SMILES string of the molecule is Cc1cc(C)n(-c2nc(CC(=O)Nc3c(C)cccc3C)cs2)n1. The van der Waals surface area contributed by atoms with Crippen molar-refractivity contribution in [3.05, 3.63) is 57.9 Å². The highest BCUT2D eigenvalue weighted by Gasteiger charge is 2.13. The standard InChI is InChI=1S/C18H20N4OS/c1-11-6-5-7-12(2)17(11)20-16(23)9-15-10-24-18(19-15)22-14(4)8-13(3)21-22/h5-8,10H,9H2,1-4H3,(H,20,23). The Morgan fingerprint density at radius 2 is 1.92 bits per heavy atom. The number of nitrogens with one attached hydrogen (secondary N) is 1. The van der Waals surface area contributed by atoms with Crippen molar-refractivity contribution >= 4 is 22.9 Å². The molecule has 1 amide bonds. The molecule has 1 N–H and O–H groups in total. The van der Waals surface area contributed by atoms with Gasteiger partial charge < -0.3 is 5.32 Å². The van der Waals surface area contributed by atoms with Gasteiger partial charge in [0.15, 0.2) is 0 Å². The molecule has 0 saturated heterocycles. The van der Waals surface area contributed by atoms with Gasteiger partial charge in [-0.05, 0) is 44.9 Å². The number of carbonyl (C=O) groups excluding carboxylic acids is 1. The van der Waals surface area contributed by atoms with Crippen molar-refractivity contribution in [2.75, 3.05) is 5.32 Å². The van der Waals surface area contributed by atoms with Gasteiger partial charge in [-0.3, -0.25) is 4.79 Å². The van der Waals surface area contributed by atoms with Crippen molar-refractivity contribution in [2.24, 2.45) is 0 Å². The molecular formula is C18H20N4OS. The lowest BCUT2D eigenvalue weighted by Crippen LogP contribution is -2.16. The smallest absolute Gasteiger partial charge is 0.230 e. The lowest BCUT2D eigenvalue weighted by molar-refractivity contribution is -0.115. The van der Waals surface area contributed by atoms with Crippen molar-refractivity contribution in [1.82, 2.24) is 14.8 Å². The van der Waals surface area contributed by atoms with E-state index in [9.17, 15) is 4.79 Å². The van der Waals surface area contributed by atoms with Crippen LogP contribution in [0.25, 0.3) is 5.13 Å². The summed E-state index contributed by atoms with van der Waals surface area (Å²) < 4.78 is 1.81. The first-order valence-corrected chi connectivity index (χ1v) is 8.66. The second-order valence-electron chi connectivity index (χ2n) is 5.95. The summed E-state index contributed by atoms with van der Waals surface area (Å²) in [6.45, 7) is 7.93. The van der Waals surface area contributed by atoms with Gasteiger partial charge >= 0.3 is 0 Å². The highest BCUT2D eigenvalue weighted by molar-refractivity contribution is 7.12. The number of para-hydroxylation sites is 1. The Kier molecular flexibility index (Phi) is 4.49. The van der Waals surface area contributed by atoms with Gasteiger partial charge in [-0.1, -0.05) is 18.2 Å². The van der Waals surface area contributed by atoms with E-state index in [1.807, 2.05) is 62.0 Å². The Morgan fingerprint density at radius 3 is 2.54 bits per heavy atom. The normalized spacial score (nSPS) is 10.8. The van der Waals surface area contributed by atoms with Crippen LogP contribution in [-0.4, -0.2) is 20.7 Å². The molecule has 0 unspecified atom stereocenters. The molecule has 3 rings (SSSR count). The first-order chi connectivity index (χ1) is 11.4.